The topological polar surface area (TPSA) is 119 Å². The Kier molecular flexibility index (Phi) is 9.11. The highest BCUT2D eigenvalue weighted by Crippen LogP contribution is 2.44. The van der Waals surface area contributed by atoms with Crippen LogP contribution in [0.15, 0.2) is 48.5 Å². The zero-order valence-electron chi connectivity index (χ0n) is 20.8. The standard InChI is InChI=1S/C28H32N2O6/c1-17(31)12-13-25(18(2)32)29-27(34)15-14-26(19(3)33)30-28(35)36-16-24-22-10-6-4-8-20(22)21-9-5-7-11-23(21)24/h4-11,24-26H,12-16H2,1-3H3,(H,29,34)(H,30,35). The Hall–Kier alpha value is -3.81. The minimum atomic E-state index is -0.903. The van der Waals surface area contributed by atoms with Gasteiger partial charge in [0.05, 0.1) is 12.1 Å². The number of hydrogen-bond acceptors (Lipinski definition) is 6. The molecule has 2 atom stereocenters. The summed E-state index contributed by atoms with van der Waals surface area (Å²) < 4.78 is 5.50. The van der Waals surface area contributed by atoms with Gasteiger partial charge in [-0.25, -0.2) is 4.79 Å². The molecule has 0 radical (unpaired) electrons. The summed E-state index contributed by atoms with van der Waals surface area (Å²) in [7, 11) is 0. The van der Waals surface area contributed by atoms with Gasteiger partial charge in [0.2, 0.25) is 5.91 Å². The number of Topliss-reactive ketones (excluding diaryl/α,β-unsaturated/α-hetero) is 3. The second-order valence-electron chi connectivity index (χ2n) is 9.14. The third kappa shape index (κ3) is 6.87. The SMILES string of the molecule is CC(=O)CCC(NC(=O)CCC(NC(=O)OCC1c2ccccc2-c2ccccc21)C(C)=O)C(C)=O. The molecule has 8 heteroatoms. The van der Waals surface area contributed by atoms with Crippen molar-refractivity contribution in [3.63, 3.8) is 0 Å². The van der Waals surface area contributed by atoms with Gasteiger partial charge in [-0.05, 0) is 55.9 Å². The lowest BCUT2D eigenvalue weighted by molar-refractivity contribution is -0.128. The molecule has 2 amide bonds. The molecule has 190 valence electrons. The van der Waals surface area contributed by atoms with Crippen LogP contribution in [0.3, 0.4) is 0 Å². The van der Waals surface area contributed by atoms with Crippen LogP contribution in [-0.2, 0) is 23.9 Å². The van der Waals surface area contributed by atoms with Crippen LogP contribution in [0.5, 0.6) is 0 Å². The van der Waals surface area contributed by atoms with Crippen LogP contribution >= 0.6 is 0 Å². The number of carbonyl (C=O) groups excluding carboxylic acids is 5. The van der Waals surface area contributed by atoms with Gasteiger partial charge in [-0.15, -0.1) is 0 Å². The molecule has 2 aromatic rings. The summed E-state index contributed by atoms with van der Waals surface area (Å²) in [5.41, 5.74) is 4.39. The van der Waals surface area contributed by atoms with Crippen molar-refractivity contribution in [1.29, 1.82) is 0 Å². The van der Waals surface area contributed by atoms with Gasteiger partial charge in [0, 0.05) is 18.8 Å². The van der Waals surface area contributed by atoms with Gasteiger partial charge in [0.15, 0.2) is 11.6 Å². The van der Waals surface area contributed by atoms with E-state index >= 15 is 0 Å². The Morgan fingerprint density at radius 3 is 1.78 bits per heavy atom. The highest BCUT2D eigenvalue weighted by atomic mass is 16.5. The fourth-order valence-corrected chi connectivity index (χ4v) is 4.43. The fourth-order valence-electron chi connectivity index (χ4n) is 4.43. The lowest BCUT2D eigenvalue weighted by Gasteiger charge is -2.19. The van der Waals surface area contributed by atoms with Crippen molar-refractivity contribution in [2.75, 3.05) is 6.61 Å². The van der Waals surface area contributed by atoms with Crippen molar-refractivity contribution in [2.45, 2.75) is 64.5 Å². The minimum absolute atomic E-state index is 0.0582. The van der Waals surface area contributed by atoms with Gasteiger partial charge in [0.25, 0.3) is 0 Å². The first-order valence-corrected chi connectivity index (χ1v) is 12.1. The molecule has 0 heterocycles. The zero-order chi connectivity index (χ0) is 26.2. The molecule has 0 bridgehead atoms. The number of benzene rings is 2. The van der Waals surface area contributed by atoms with Crippen molar-refractivity contribution in [1.82, 2.24) is 10.6 Å². The molecule has 36 heavy (non-hydrogen) atoms. The molecular weight excluding hydrogens is 460 g/mol. The van der Waals surface area contributed by atoms with Gasteiger partial charge in [-0.3, -0.25) is 14.4 Å². The monoisotopic (exact) mass is 492 g/mol. The van der Waals surface area contributed by atoms with E-state index in [1.807, 2.05) is 48.5 Å². The fraction of sp³-hybridized carbons (Fsp3) is 0.393. The minimum Gasteiger partial charge on any atom is -0.449 e. The van der Waals surface area contributed by atoms with Crippen LogP contribution in [0.4, 0.5) is 4.79 Å². The van der Waals surface area contributed by atoms with Crippen LogP contribution < -0.4 is 10.6 Å². The Labute approximate surface area is 210 Å². The lowest BCUT2D eigenvalue weighted by atomic mass is 9.98. The van der Waals surface area contributed by atoms with E-state index < -0.39 is 24.1 Å². The normalized spacial score (nSPS) is 13.6. The summed E-state index contributed by atoms with van der Waals surface area (Å²) in [4.78, 5) is 59.9. The maximum atomic E-state index is 12.5. The molecule has 2 unspecified atom stereocenters. The maximum absolute atomic E-state index is 12.5. The number of nitrogens with one attached hydrogen (secondary N) is 2. The Morgan fingerprint density at radius 2 is 1.25 bits per heavy atom. The van der Waals surface area contributed by atoms with Crippen molar-refractivity contribution in [3.05, 3.63) is 59.7 Å². The lowest BCUT2D eigenvalue weighted by Crippen LogP contribution is -2.43. The molecule has 0 fully saturated rings. The van der Waals surface area contributed by atoms with Crippen LogP contribution in [0.25, 0.3) is 11.1 Å². The van der Waals surface area contributed by atoms with E-state index in [1.165, 1.54) is 20.8 Å². The first-order chi connectivity index (χ1) is 17.2. The van der Waals surface area contributed by atoms with E-state index in [-0.39, 0.29) is 55.6 Å². The summed E-state index contributed by atoms with van der Waals surface area (Å²) in [6, 6.07) is 14.3. The van der Waals surface area contributed by atoms with Gasteiger partial charge in [-0.2, -0.15) is 0 Å². The smallest absolute Gasteiger partial charge is 0.407 e. The molecule has 0 aliphatic heterocycles. The highest BCUT2D eigenvalue weighted by molar-refractivity contribution is 5.89. The number of ether oxygens (including phenoxy) is 1. The molecule has 0 aromatic heterocycles. The van der Waals surface area contributed by atoms with E-state index in [9.17, 15) is 24.0 Å². The summed E-state index contributed by atoms with van der Waals surface area (Å²) in [5, 5.41) is 5.16. The van der Waals surface area contributed by atoms with Gasteiger partial charge >= 0.3 is 6.09 Å². The summed E-state index contributed by atoms with van der Waals surface area (Å²) in [5.74, 6) is -1.16. The average molecular weight is 493 g/mol. The highest BCUT2D eigenvalue weighted by Gasteiger charge is 2.29. The van der Waals surface area contributed by atoms with Crippen molar-refractivity contribution >= 4 is 29.4 Å². The summed E-state index contributed by atoms with van der Waals surface area (Å²) >= 11 is 0. The number of amides is 2. The summed E-state index contributed by atoms with van der Waals surface area (Å²) in [6.45, 7) is 4.21. The zero-order valence-corrected chi connectivity index (χ0v) is 20.8. The molecule has 8 nitrogen and oxygen atoms in total. The molecule has 0 saturated heterocycles. The number of alkyl carbamates (subject to hydrolysis) is 1. The molecule has 0 saturated carbocycles. The van der Waals surface area contributed by atoms with Gasteiger partial charge in [-0.1, -0.05) is 48.5 Å². The number of carbonyl (C=O) groups is 5. The molecule has 0 spiro atoms. The predicted octanol–water partition coefficient (Wildman–Crippen LogP) is 3.71. The second kappa shape index (κ2) is 12.2. The number of rotatable bonds is 12. The number of fused-ring (bicyclic) bond motifs is 3. The molecule has 2 aromatic carbocycles. The van der Waals surface area contributed by atoms with Crippen LogP contribution in [-0.4, -0.2) is 48.0 Å². The molecule has 1 aliphatic carbocycles. The predicted molar refractivity (Wildman–Crippen MR) is 134 cm³/mol. The molecule has 2 N–H and O–H groups in total. The van der Waals surface area contributed by atoms with E-state index in [0.29, 0.717) is 0 Å². The van der Waals surface area contributed by atoms with Crippen molar-refractivity contribution in [3.8, 4) is 11.1 Å². The first kappa shape index (κ1) is 26.8. The van der Waals surface area contributed by atoms with E-state index in [1.54, 1.807) is 0 Å². The first-order valence-electron chi connectivity index (χ1n) is 12.1. The third-order valence-corrected chi connectivity index (χ3v) is 6.40. The Morgan fingerprint density at radius 1 is 0.750 bits per heavy atom. The number of hydrogen-bond donors (Lipinski definition) is 2. The molecular formula is C28H32N2O6. The maximum Gasteiger partial charge on any atom is 0.407 e. The van der Waals surface area contributed by atoms with Crippen LogP contribution in [0.2, 0.25) is 0 Å². The van der Waals surface area contributed by atoms with Crippen LogP contribution in [0.1, 0.15) is 63.5 Å². The molecule has 3 rings (SSSR count). The van der Waals surface area contributed by atoms with E-state index in [4.69, 9.17) is 4.74 Å². The van der Waals surface area contributed by atoms with Crippen molar-refractivity contribution in [2.24, 2.45) is 0 Å². The third-order valence-electron chi connectivity index (χ3n) is 6.40. The van der Waals surface area contributed by atoms with Crippen LogP contribution in [0, 0.1) is 0 Å². The Balaban J connectivity index is 1.53. The van der Waals surface area contributed by atoms with Gasteiger partial charge in [0.1, 0.15) is 12.4 Å². The number of ketones is 3. The molecule has 1 aliphatic rings. The van der Waals surface area contributed by atoms with E-state index in [0.717, 1.165) is 22.3 Å². The quantitative estimate of drug-likeness (QED) is 0.466. The van der Waals surface area contributed by atoms with Gasteiger partial charge < -0.3 is 20.2 Å². The largest absolute Gasteiger partial charge is 0.449 e. The van der Waals surface area contributed by atoms with E-state index in [2.05, 4.69) is 10.6 Å². The average Bonchev–Trinajstić information content (AvgIpc) is 3.16. The second-order valence-corrected chi connectivity index (χ2v) is 9.14. The Bertz CT molecular complexity index is 1110. The van der Waals surface area contributed by atoms with Crippen molar-refractivity contribution < 1.29 is 28.7 Å². The summed E-state index contributed by atoms with van der Waals surface area (Å²) in [6.07, 6.45) is -0.338.